The molecule has 1 unspecified atom stereocenters. The SMILES string of the molecule is CC(C)(C)c1ccc(C(CC(=O)O)NC(=O)CN2CCOCC2)cc1. The van der Waals surface area contributed by atoms with Crippen molar-refractivity contribution < 1.29 is 19.4 Å². The number of nitrogens with one attached hydrogen (secondary N) is 1. The quantitative estimate of drug-likeness (QED) is 0.821. The van der Waals surface area contributed by atoms with Gasteiger partial charge in [-0.25, -0.2) is 0 Å². The summed E-state index contributed by atoms with van der Waals surface area (Å²) in [6.45, 7) is 9.33. The molecule has 6 nitrogen and oxygen atoms in total. The number of carboxylic acid groups (broad SMARTS) is 1. The molecule has 6 heteroatoms. The fourth-order valence-corrected chi connectivity index (χ4v) is 2.84. The number of amides is 1. The first-order valence-corrected chi connectivity index (χ1v) is 8.67. The van der Waals surface area contributed by atoms with Crippen LogP contribution in [-0.2, 0) is 19.7 Å². The van der Waals surface area contributed by atoms with Crippen LogP contribution >= 0.6 is 0 Å². The second kappa shape index (κ2) is 8.45. The van der Waals surface area contributed by atoms with Crippen LogP contribution < -0.4 is 5.32 Å². The number of carboxylic acids is 1. The summed E-state index contributed by atoms with van der Waals surface area (Å²) < 4.78 is 5.27. The van der Waals surface area contributed by atoms with E-state index in [9.17, 15) is 14.7 Å². The van der Waals surface area contributed by atoms with Crippen molar-refractivity contribution in [2.24, 2.45) is 0 Å². The first-order valence-electron chi connectivity index (χ1n) is 8.67. The number of aliphatic carboxylic acids is 1. The number of hydrogen-bond acceptors (Lipinski definition) is 4. The molecule has 0 radical (unpaired) electrons. The van der Waals surface area contributed by atoms with E-state index in [-0.39, 0.29) is 24.3 Å². The maximum absolute atomic E-state index is 12.3. The molecule has 0 aromatic heterocycles. The largest absolute Gasteiger partial charge is 0.481 e. The number of carbonyl (C=O) groups is 2. The lowest BCUT2D eigenvalue weighted by Gasteiger charge is -2.27. The van der Waals surface area contributed by atoms with E-state index in [0.717, 1.165) is 18.7 Å². The first kappa shape index (κ1) is 19.4. The van der Waals surface area contributed by atoms with Crippen molar-refractivity contribution in [1.29, 1.82) is 0 Å². The molecule has 0 bridgehead atoms. The molecule has 1 fully saturated rings. The van der Waals surface area contributed by atoms with Crippen LogP contribution in [-0.4, -0.2) is 54.7 Å². The minimum atomic E-state index is -0.934. The second-order valence-corrected chi connectivity index (χ2v) is 7.48. The summed E-state index contributed by atoms with van der Waals surface area (Å²) in [6.07, 6.45) is -0.135. The van der Waals surface area contributed by atoms with Gasteiger partial charge in [0.05, 0.1) is 32.2 Å². The first-order chi connectivity index (χ1) is 11.8. The summed E-state index contributed by atoms with van der Waals surface area (Å²) in [6, 6.07) is 7.28. The van der Waals surface area contributed by atoms with E-state index in [1.54, 1.807) is 0 Å². The van der Waals surface area contributed by atoms with Crippen LogP contribution in [0, 0.1) is 0 Å². The summed E-state index contributed by atoms with van der Waals surface area (Å²) in [5, 5.41) is 12.1. The lowest BCUT2D eigenvalue weighted by Crippen LogP contribution is -2.44. The Morgan fingerprint density at radius 3 is 2.32 bits per heavy atom. The van der Waals surface area contributed by atoms with Gasteiger partial charge in [-0.3, -0.25) is 14.5 Å². The normalized spacial score (nSPS) is 17.1. The molecule has 2 N–H and O–H groups in total. The smallest absolute Gasteiger partial charge is 0.305 e. The average Bonchev–Trinajstić information content (AvgIpc) is 2.54. The van der Waals surface area contributed by atoms with Crippen molar-refractivity contribution in [2.75, 3.05) is 32.8 Å². The van der Waals surface area contributed by atoms with Gasteiger partial charge in [-0.2, -0.15) is 0 Å². The Morgan fingerprint density at radius 1 is 1.20 bits per heavy atom. The summed E-state index contributed by atoms with van der Waals surface area (Å²) >= 11 is 0. The highest BCUT2D eigenvalue weighted by molar-refractivity contribution is 5.79. The number of hydrogen-bond donors (Lipinski definition) is 2. The Balaban J connectivity index is 2.04. The number of nitrogens with zero attached hydrogens (tertiary/aromatic N) is 1. The highest BCUT2D eigenvalue weighted by Crippen LogP contribution is 2.25. The molecule has 1 heterocycles. The lowest BCUT2D eigenvalue weighted by molar-refractivity contribution is -0.137. The van der Waals surface area contributed by atoms with Gasteiger partial charge < -0.3 is 15.2 Å². The zero-order chi connectivity index (χ0) is 18.4. The third-order valence-electron chi connectivity index (χ3n) is 4.36. The lowest BCUT2D eigenvalue weighted by atomic mass is 9.86. The van der Waals surface area contributed by atoms with Gasteiger partial charge in [-0.1, -0.05) is 45.0 Å². The molecule has 0 saturated carbocycles. The average molecular weight is 348 g/mol. The van der Waals surface area contributed by atoms with Gasteiger partial charge in [0.2, 0.25) is 5.91 Å². The molecule has 1 saturated heterocycles. The number of morpholine rings is 1. The van der Waals surface area contributed by atoms with Crippen molar-refractivity contribution in [3.05, 3.63) is 35.4 Å². The van der Waals surface area contributed by atoms with E-state index in [4.69, 9.17) is 4.74 Å². The van der Waals surface area contributed by atoms with Crippen molar-refractivity contribution in [1.82, 2.24) is 10.2 Å². The topological polar surface area (TPSA) is 78.9 Å². The summed E-state index contributed by atoms with van der Waals surface area (Å²) in [5.41, 5.74) is 2.01. The van der Waals surface area contributed by atoms with Gasteiger partial charge in [0.15, 0.2) is 0 Å². The molecule has 1 aliphatic heterocycles. The summed E-state index contributed by atoms with van der Waals surface area (Å²) in [5.74, 6) is -1.09. The fraction of sp³-hybridized carbons (Fsp3) is 0.579. The molecule has 138 valence electrons. The number of rotatable bonds is 6. The summed E-state index contributed by atoms with van der Waals surface area (Å²) in [4.78, 5) is 25.5. The minimum Gasteiger partial charge on any atom is -0.481 e. The van der Waals surface area contributed by atoms with Gasteiger partial charge in [-0.05, 0) is 16.5 Å². The predicted octanol–water partition coefficient (Wildman–Crippen LogP) is 1.95. The Kier molecular flexibility index (Phi) is 6.56. The van der Waals surface area contributed by atoms with E-state index in [1.165, 1.54) is 5.56 Å². The van der Waals surface area contributed by atoms with Gasteiger partial charge in [-0.15, -0.1) is 0 Å². The van der Waals surface area contributed by atoms with Crippen LogP contribution in [0.15, 0.2) is 24.3 Å². The van der Waals surface area contributed by atoms with E-state index in [1.807, 2.05) is 29.2 Å². The minimum absolute atomic E-state index is 0.0282. The Morgan fingerprint density at radius 2 is 1.80 bits per heavy atom. The van der Waals surface area contributed by atoms with E-state index >= 15 is 0 Å². The maximum atomic E-state index is 12.3. The standard InChI is InChI=1S/C19H28N2O4/c1-19(2,3)15-6-4-14(5-7-15)16(12-18(23)24)20-17(22)13-21-8-10-25-11-9-21/h4-7,16H,8-13H2,1-3H3,(H,20,22)(H,23,24). The predicted molar refractivity (Wildman–Crippen MR) is 95.5 cm³/mol. The third kappa shape index (κ3) is 6.14. The van der Waals surface area contributed by atoms with Gasteiger partial charge >= 0.3 is 5.97 Å². The van der Waals surface area contributed by atoms with Crippen LogP contribution in [0.25, 0.3) is 0 Å². The van der Waals surface area contributed by atoms with E-state index in [2.05, 4.69) is 26.1 Å². The Hall–Kier alpha value is -1.92. The highest BCUT2D eigenvalue weighted by Gasteiger charge is 2.21. The molecule has 1 aromatic carbocycles. The monoisotopic (exact) mass is 348 g/mol. The molecule has 0 aliphatic carbocycles. The fourth-order valence-electron chi connectivity index (χ4n) is 2.84. The third-order valence-corrected chi connectivity index (χ3v) is 4.36. The van der Waals surface area contributed by atoms with Crippen molar-refractivity contribution in [3.8, 4) is 0 Å². The molecular weight excluding hydrogens is 320 g/mol. The van der Waals surface area contributed by atoms with Crippen LogP contribution in [0.2, 0.25) is 0 Å². The molecule has 25 heavy (non-hydrogen) atoms. The zero-order valence-electron chi connectivity index (χ0n) is 15.2. The second-order valence-electron chi connectivity index (χ2n) is 7.48. The Labute approximate surface area is 149 Å². The molecule has 2 rings (SSSR count). The van der Waals surface area contributed by atoms with Crippen LogP contribution in [0.1, 0.15) is 44.4 Å². The number of carbonyl (C=O) groups excluding carboxylic acids is 1. The maximum Gasteiger partial charge on any atom is 0.305 e. The molecular formula is C19H28N2O4. The van der Waals surface area contributed by atoms with Crippen LogP contribution in [0.4, 0.5) is 0 Å². The van der Waals surface area contributed by atoms with Crippen LogP contribution in [0.3, 0.4) is 0 Å². The molecule has 1 atom stereocenters. The molecule has 1 aromatic rings. The van der Waals surface area contributed by atoms with E-state index < -0.39 is 12.0 Å². The van der Waals surface area contributed by atoms with Gasteiger partial charge in [0.25, 0.3) is 0 Å². The van der Waals surface area contributed by atoms with Crippen LogP contribution in [0.5, 0.6) is 0 Å². The number of ether oxygens (including phenoxy) is 1. The number of benzene rings is 1. The van der Waals surface area contributed by atoms with E-state index in [0.29, 0.717) is 13.2 Å². The van der Waals surface area contributed by atoms with Gasteiger partial charge in [0, 0.05) is 13.1 Å². The molecule has 1 aliphatic rings. The van der Waals surface area contributed by atoms with Crippen molar-refractivity contribution >= 4 is 11.9 Å². The van der Waals surface area contributed by atoms with Crippen molar-refractivity contribution in [3.63, 3.8) is 0 Å². The Bertz CT molecular complexity index is 586. The molecule has 0 spiro atoms. The van der Waals surface area contributed by atoms with Crippen molar-refractivity contribution in [2.45, 2.75) is 38.6 Å². The summed E-state index contributed by atoms with van der Waals surface area (Å²) in [7, 11) is 0. The molecule has 1 amide bonds. The highest BCUT2D eigenvalue weighted by atomic mass is 16.5. The van der Waals surface area contributed by atoms with Gasteiger partial charge in [0.1, 0.15) is 0 Å². The zero-order valence-corrected chi connectivity index (χ0v) is 15.2.